The summed E-state index contributed by atoms with van der Waals surface area (Å²) in [6.45, 7) is 4.99. The Labute approximate surface area is 120 Å². The molecule has 3 rings (SSSR count). The zero-order chi connectivity index (χ0) is 14.3. The zero-order valence-corrected chi connectivity index (χ0v) is 12.6. The third-order valence-electron chi connectivity index (χ3n) is 4.33. The average Bonchev–Trinajstić information content (AvgIpc) is 2.85. The number of aryl methyl sites for hydroxylation is 1. The molecular weight excluding hydrogens is 274 g/mol. The number of hydrogen-bond donors (Lipinski definition) is 1. The highest BCUT2D eigenvalue weighted by Gasteiger charge is 2.36. The van der Waals surface area contributed by atoms with Crippen LogP contribution in [0.2, 0.25) is 0 Å². The molecule has 20 heavy (non-hydrogen) atoms. The van der Waals surface area contributed by atoms with Gasteiger partial charge >= 0.3 is 0 Å². The molecule has 2 fully saturated rings. The van der Waals surface area contributed by atoms with Crippen LogP contribution in [0.3, 0.4) is 0 Å². The van der Waals surface area contributed by atoms with Crippen molar-refractivity contribution in [2.45, 2.75) is 30.7 Å². The summed E-state index contributed by atoms with van der Waals surface area (Å²) in [6.07, 6.45) is 2.26. The van der Waals surface area contributed by atoms with E-state index in [0.29, 0.717) is 24.8 Å². The van der Waals surface area contributed by atoms with E-state index in [1.807, 2.05) is 6.92 Å². The van der Waals surface area contributed by atoms with Gasteiger partial charge in [-0.1, -0.05) is 6.07 Å². The lowest BCUT2D eigenvalue weighted by atomic mass is 10.2. The maximum atomic E-state index is 12.7. The van der Waals surface area contributed by atoms with Crippen LogP contribution in [0, 0.1) is 6.92 Å². The first-order valence-electron chi connectivity index (χ1n) is 7.09. The van der Waals surface area contributed by atoms with Gasteiger partial charge in [-0.3, -0.25) is 4.90 Å². The molecule has 0 aromatic heterocycles. The smallest absolute Gasteiger partial charge is 0.245 e. The predicted molar refractivity (Wildman–Crippen MR) is 78.9 cm³/mol. The van der Waals surface area contributed by atoms with Gasteiger partial charge in [0.15, 0.2) is 0 Å². The molecule has 1 atom stereocenters. The van der Waals surface area contributed by atoms with E-state index in [2.05, 4.69) is 4.90 Å². The van der Waals surface area contributed by atoms with Crippen molar-refractivity contribution in [3.05, 3.63) is 23.8 Å². The summed E-state index contributed by atoms with van der Waals surface area (Å²) in [5.74, 6) is 0. The van der Waals surface area contributed by atoms with Crippen molar-refractivity contribution in [3.63, 3.8) is 0 Å². The number of anilines is 1. The van der Waals surface area contributed by atoms with Gasteiger partial charge in [-0.05, 0) is 44.0 Å². The highest BCUT2D eigenvalue weighted by Crippen LogP contribution is 2.28. The van der Waals surface area contributed by atoms with Crippen molar-refractivity contribution in [3.8, 4) is 0 Å². The molecule has 0 spiro atoms. The molecule has 2 aliphatic heterocycles. The van der Waals surface area contributed by atoms with Crippen molar-refractivity contribution in [1.29, 1.82) is 0 Å². The third-order valence-corrected chi connectivity index (χ3v) is 6.27. The largest absolute Gasteiger partial charge is 0.398 e. The molecule has 2 aliphatic rings. The van der Waals surface area contributed by atoms with Crippen LogP contribution < -0.4 is 5.73 Å². The van der Waals surface area contributed by atoms with E-state index in [0.717, 1.165) is 25.1 Å². The van der Waals surface area contributed by atoms with Crippen molar-refractivity contribution < 1.29 is 8.42 Å². The van der Waals surface area contributed by atoms with E-state index < -0.39 is 10.0 Å². The molecule has 1 aromatic rings. The Bertz CT molecular complexity index is 615. The van der Waals surface area contributed by atoms with Crippen molar-refractivity contribution in [2.75, 3.05) is 31.9 Å². The minimum atomic E-state index is -3.47. The summed E-state index contributed by atoms with van der Waals surface area (Å²) in [5, 5.41) is 0. The van der Waals surface area contributed by atoms with Crippen molar-refractivity contribution in [2.24, 2.45) is 0 Å². The molecule has 2 heterocycles. The van der Waals surface area contributed by atoms with Crippen LogP contribution >= 0.6 is 0 Å². The van der Waals surface area contributed by atoms with Crippen LogP contribution in [0.4, 0.5) is 5.69 Å². The van der Waals surface area contributed by atoms with Gasteiger partial charge in [0.1, 0.15) is 4.90 Å². The molecule has 0 radical (unpaired) electrons. The summed E-state index contributed by atoms with van der Waals surface area (Å²) in [5.41, 5.74) is 7.23. The molecule has 6 heteroatoms. The number of benzene rings is 1. The van der Waals surface area contributed by atoms with Gasteiger partial charge in [-0.15, -0.1) is 0 Å². The fraction of sp³-hybridized carbons (Fsp3) is 0.571. The van der Waals surface area contributed by atoms with E-state index in [4.69, 9.17) is 5.73 Å². The number of hydrogen-bond acceptors (Lipinski definition) is 4. The Morgan fingerprint density at radius 3 is 2.80 bits per heavy atom. The topological polar surface area (TPSA) is 66.6 Å². The minimum absolute atomic E-state index is 0.245. The second-order valence-corrected chi connectivity index (χ2v) is 7.64. The lowest BCUT2D eigenvalue weighted by molar-refractivity contribution is 0.158. The first kappa shape index (κ1) is 13.9. The number of sulfonamides is 1. The minimum Gasteiger partial charge on any atom is -0.398 e. The summed E-state index contributed by atoms with van der Waals surface area (Å²) in [7, 11) is -3.47. The molecule has 0 saturated carbocycles. The lowest BCUT2D eigenvalue weighted by Crippen LogP contribution is -2.51. The Kier molecular flexibility index (Phi) is 3.48. The quantitative estimate of drug-likeness (QED) is 0.828. The van der Waals surface area contributed by atoms with Crippen molar-refractivity contribution >= 4 is 15.7 Å². The molecule has 1 aromatic carbocycles. The molecule has 2 saturated heterocycles. The van der Waals surface area contributed by atoms with E-state index in [1.54, 1.807) is 22.5 Å². The fourth-order valence-electron chi connectivity index (χ4n) is 3.22. The monoisotopic (exact) mass is 295 g/mol. The van der Waals surface area contributed by atoms with Crippen molar-refractivity contribution in [1.82, 2.24) is 9.21 Å². The van der Waals surface area contributed by atoms with Crippen LogP contribution in [0.25, 0.3) is 0 Å². The molecule has 2 N–H and O–H groups in total. The first-order chi connectivity index (χ1) is 9.48. The van der Waals surface area contributed by atoms with Gasteiger partial charge in [0.2, 0.25) is 10.0 Å². The average molecular weight is 295 g/mol. The van der Waals surface area contributed by atoms with Gasteiger partial charge in [0.05, 0.1) is 5.69 Å². The SMILES string of the molecule is Cc1ccc(S(=O)(=O)N2CCN3CCCC3C2)c(N)c1. The molecule has 0 amide bonds. The highest BCUT2D eigenvalue weighted by molar-refractivity contribution is 7.89. The van der Waals surface area contributed by atoms with Gasteiger partial charge in [-0.25, -0.2) is 8.42 Å². The maximum Gasteiger partial charge on any atom is 0.245 e. The Balaban J connectivity index is 1.88. The summed E-state index contributed by atoms with van der Waals surface area (Å²) >= 11 is 0. The van der Waals surface area contributed by atoms with Crippen LogP contribution in [0.1, 0.15) is 18.4 Å². The van der Waals surface area contributed by atoms with Gasteiger partial charge in [0.25, 0.3) is 0 Å². The second-order valence-electron chi connectivity index (χ2n) is 5.74. The fourth-order valence-corrected chi connectivity index (χ4v) is 4.79. The van der Waals surface area contributed by atoms with E-state index in [9.17, 15) is 8.42 Å². The first-order valence-corrected chi connectivity index (χ1v) is 8.53. The highest BCUT2D eigenvalue weighted by atomic mass is 32.2. The maximum absolute atomic E-state index is 12.7. The summed E-state index contributed by atoms with van der Waals surface area (Å²) in [6, 6.07) is 5.53. The number of nitrogens with two attached hydrogens (primary N) is 1. The van der Waals surface area contributed by atoms with Gasteiger partial charge < -0.3 is 5.73 Å². The summed E-state index contributed by atoms with van der Waals surface area (Å²) in [4.78, 5) is 2.64. The molecule has 1 unspecified atom stereocenters. The van der Waals surface area contributed by atoms with E-state index in [-0.39, 0.29) is 4.90 Å². The van der Waals surface area contributed by atoms with E-state index >= 15 is 0 Å². The van der Waals surface area contributed by atoms with Crippen LogP contribution in [-0.4, -0.2) is 49.8 Å². The normalized spacial score (nSPS) is 24.8. The molecule has 0 bridgehead atoms. The third kappa shape index (κ3) is 2.32. The molecule has 5 nitrogen and oxygen atoms in total. The number of nitrogens with zero attached hydrogens (tertiary/aromatic N) is 2. The number of nitrogen functional groups attached to an aromatic ring is 1. The Hall–Kier alpha value is -1.11. The van der Waals surface area contributed by atoms with Crippen LogP contribution in [-0.2, 0) is 10.0 Å². The number of rotatable bonds is 2. The predicted octanol–water partition coefficient (Wildman–Crippen LogP) is 1.05. The molecule has 0 aliphatic carbocycles. The Morgan fingerprint density at radius 1 is 1.25 bits per heavy atom. The second kappa shape index (κ2) is 5.02. The lowest BCUT2D eigenvalue weighted by Gasteiger charge is -2.36. The number of piperazine rings is 1. The molecular formula is C14H21N3O2S. The number of fused-ring (bicyclic) bond motifs is 1. The summed E-state index contributed by atoms with van der Waals surface area (Å²) < 4.78 is 27.1. The van der Waals surface area contributed by atoms with Crippen LogP contribution in [0.15, 0.2) is 23.1 Å². The standard InChI is InChI=1S/C14H21N3O2S/c1-11-4-5-14(13(15)9-11)20(18,19)17-8-7-16-6-2-3-12(16)10-17/h4-5,9,12H,2-3,6-8,10,15H2,1H3. The zero-order valence-electron chi connectivity index (χ0n) is 11.7. The van der Waals surface area contributed by atoms with Gasteiger partial charge in [0, 0.05) is 25.7 Å². The van der Waals surface area contributed by atoms with E-state index in [1.165, 1.54) is 6.42 Å². The van der Waals surface area contributed by atoms with Crippen LogP contribution in [0.5, 0.6) is 0 Å². The Morgan fingerprint density at radius 2 is 2.05 bits per heavy atom. The van der Waals surface area contributed by atoms with Gasteiger partial charge in [-0.2, -0.15) is 4.31 Å². The molecule has 110 valence electrons.